The predicted octanol–water partition coefficient (Wildman–Crippen LogP) is 7.53. The molecule has 2 amide bonds. The van der Waals surface area contributed by atoms with E-state index in [-0.39, 0.29) is 42.1 Å². The van der Waals surface area contributed by atoms with Crippen molar-refractivity contribution in [2.75, 3.05) is 32.6 Å². The van der Waals surface area contributed by atoms with Crippen LogP contribution >= 0.6 is 11.3 Å². The number of aromatic nitrogens is 3. The van der Waals surface area contributed by atoms with Gasteiger partial charge in [0.05, 0.1) is 47.8 Å². The van der Waals surface area contributed by atoms with Crippen LogP contribution in [0.15, 0.2) is 46.9 Å². The molecule has 300 valence electrons. The quantitative estimate of drug-likeness (QED) is 0.0718. The van der Waals surface area contributed by atoms with Crippen molar-refractivity contribution in [3.63, 3.8) is 0 Å². The second-order valence-electron chi connectivity index (χ2n) is 15.1. The van der Waals surface area contributed by atoms with Crippen LogP contribution in [-0.4, -0.2) is 83.6 Å². The summed E-state index contributed by atoms with van der Waals surface area (Å²) in [4.78, 5) is 33.8. The molecule has 55 heavy (non-hydrogen) atoms. The van der Waals surface area contributed by atoms with Crippen molar-refractivity contribution in [3.8, 4) is 11.1 Å². The summed E-state index contributed by atoms with van der Waals surface area (Å²) in [5, 5.41) is 20.9. The van der Waals surface area contributed by atoms with Gasteiger partial charge in [-0.3, -0.25) is 9.59 Å². The number of unbranched alkanes of at least 4 members (excludes halogenated alkanes) is 11. The third-order valence-corrected chi connectivity index (χ3v) is 14.0. The summed E-state index contributed by atoms with van der Waals surface area (Å²) in [5.74, 6) is -0.639. The molecule has 1 aliphatic heterocycles. The summed E-state index contributed by atoms with van der Waals surface area (Å²) >= 11 is 1.21. The van der Waals surface area contributed by atoms with Gasteiger partial charge >= 0.3 is 0 Å². The molecule has 12 nitrogen and oxygen atoms in total. The minimum atomic E-state index is -4.15. The molecule has 1 fully saturated rings. The normalized spacial score (nSPS) is 15.2. The molecule has 1 aliphatic rings. The lowest BCUT2D eigenvalue weighted by Gasteiger charge is -2.44. The first-order valence-electron chi connectivity index (χ1n) is 19.7. The molecule has 0 saturated carbocycles. The highest BCUT2D eigenvalue weighted by Gasteiger charge is 2.53. The number of carbonyl (C=O) groups is 2. The van der Waals surface area contributed by atoms with Gasteiger partial charge in [-0.2, -0.15) is 0 Å². The highest BCUT2D eigenvalue weighted by atomic mass is 32.2. The van der Waals surface area contributed by atoms with E-state index < -0.39 is 26.1 Å². The number of carbonyl (C=O) groups excluding carboxylic acids is 2. The number of nitrogens with one attached hydrogen (secondary N) is 1. The van der Waals surface area contributed by atoms with Gasteiger partial charge in [0.15, 0.2) is 9.84 Å². The van der Waals surface area contributed by atoms with E-state index in [1.807, 2.05) is 30.3 Å². The number of aliphatic hydroxyl groups is 1. The molecular weight excluding hydrogens is 739 g/mol. The molecule has 0 spiro atoms. The van der Waals surface area contributed by atoms with Crippen molar-refractivity contribution >= 4 is 43.2 Å². The highest BCUT2D eigenvalue weighted by molar-refractivity contribution is 7.93. The summed E-state index contributed by atoms with van der Waals surface area (Å²) in [7, 11) is -2.71. The Kier molecular flexibility index (Phi) is 15.0. The van der Waals surface area contributed by atoms with Crippen LogP contribution in [0, 0.1) is 6.92 Å². The largest absolute Gasteiger partial charge is 0.424 e. The van der Waals surface area contributed by atoms with Crippen molar-refractivity contribution in [1.29, 1.82) is 0 Å². The minimum Gasteiger partial charge on any atom is -0.424 e. The second kappa shape index (κ2) is 19.4. The highest BCUT2D eigenvalue weighted by Crippen LogP contribution is 2.42. The Balaban J connectivity index is 1.37. The van der Waals surface area contributed by atoms with Gasteiger partial charge in [0.2, 0.25) is 22.4 Å². The Hall–Kier alpha value is -3.72. The number of methoxy groups -OCH3 is 1. The van der Waals surface area contributed by atoms with Crippen LogP contribution in [0.5, 0.6) is 0 Å². The molecule has 4 aromatic rings. The molecule has 5 rings (SSSR count). The second-order valence-corrected chi connectivity index (χ2v) is 18.5. The zero-order valence-corrected chi connectivity index (χ0v) is 34.4. The van der Waals surface area contributed by atoms with Crippen molar-refractivity contribution in [3.05, 3.63) is 64.8 Å². The molecule has 1 atom stereocenters. The fraction of sp³-hybridized carbons (Fsp3) is 0.585. The number of likely N-dealkylation sites (tertiary alicyclic amines) is 1. The fourth-order valence-corrected chi connectivity index (χ4v) is 10.7. The van der Waals surface area contributed by atoms with Gasteiger partial charge in [-0.15, -0.1) is 21.5 Å². The molecule has 2 aromatic heterocycles. The van der Waals surface area contributed by atoms with Crippen molar-refractivity contribution in [2.45, 2.75) is 121 Å². The van der Waals surface area contributed by atoms with E-state index in [2.05, 4.69) is 22.4 Å². The maximum Gasteiger partial charge on any atom is 0.254 e. The number of benzene rings is 2. The third kappa shape index (κ3) is 10.8. The topological polar surface area (TPSA) is 165 Å². The molecule has 2 N–H and O–H groups in total. The lowest BCUT2D eigenvalue weighted by Crippen LogP contribution is -2.61. The van der Waals surface area contributed by atoms with Gasteiger partial charge in [0, 0.05) is 19.6 Å². The van der Waals surface area contributed by atoms with E-state index in [4.69, 9.17) is 14.1 Å². The molecule has 3 heterocycles. The molecule has 0 radical (unpaired) electrons. The van der Waals surface area contributed by atoms with Crippen LogP contribution in [0.2, 0.25) is 0 Å². The number of sulfone groups is 1. The number of thiazole rings is 1. The van der Waals surface area contributed by atoms with E-state index in [0.29, 0.717) is 36.5 Å². The van der Waals surface area contributed by atoms with E-state index in [1.54, 1.807) is 30.9 Å². The number of aryl methyl sites for hydroxylation is 1. The monoisotopic (exact) mass is 795 g/mol. The van der Waals surface area contributed by atoms with Crippen LogP contribution in [-0.2, 0) is 30.7 Å². The standard InChI is InChI=1S/C41H57N5O7S2/c1-5-6-7-8-9-10-11-12-13-14-15-16-23-41(55(50,51)25-24-52-4,38(48)42-27-36-45-44-30(2)53-36)39-43-34-22-21-33(26-35(34)54-39)31-17-19-32(20-18-31)37(47)46-28-40(3,49)29-46/h17-22,26,49H,5-16,23-25,27-29H2,1-4H3,(H,42,48). The maximum absolute atomic E-state index is 14.5. The summed E-state index contributed by atoms with van der Waals surface area (Å²) < 4.78 is 38.5. The maximum atomic E-state index is 14.5. The van der Waals surface area contributed by atoms with Crippen molar-refractivity contribution in [1.82, 2.24) is 25.4 Å². The Morgan fingerprint density at radius 1 is 0.945 bits per heavy atom. The molecule has 1 unspecified atom stereocenters. The fourth-order valence-electron chi connectivity index (χ4n) is 7.22. The summed E-state index contributed by atoms with van der Waals surface area (Å²) in [6, 6.07) is 13.0. The number of hydrogen-bond donors (Lipinski definition) is 2. The molecule has 2 aromatic carbocycles. The van der Waals surface area contributed by atoms with Crippen LogP contribution in [0.4, 0.5) is 0 Å². The van der Waals surface area contributed by atoms with Gasteiger partial charge in [0.25, 0.3) is 5.91 Å². The third-order valence-electron chi connectivity index (χ3n) is 10.4. The first-order valence-corrected chi connectivity index (χ1v) is 22.2. The molecule has 0 aliphatic carbocycles. The lowest BCUT2D eigenvalue weighted by molar-refractivity contribution is -0.124. The lowest BCUT2D eigenvalue weighted by atomic mass is 9.95. The van der Waals surface area contributed by atoms with Crippen LogP contribution < -0.4 is 5.32 Å². The van der Waals surface area contributed by atoms with E-state index in [1.165, 1.54) is 63.4 Å². The van der Waals surface area contributed by atoms with Crippen LogP contribution in [0.1, 0.15) is 124 Å². The summed E-state index contributed by atoms with van der Waals surface area (Å²) in [5.41, 5.74) is 2.00. The number of rotatable bonds is 23. The van der Waals surface area contributed by atoms with Gasteiger partial charge in [0.1, 0.15) is 5.01 Å². The van der Waals surface area contributed by atoms with Gasteiger partial charge in [-0.1, -0.05) is 102 Å². The first-order chi connectivity index (χ1) is 26.4. The van der Waals surface area contributed by atoms with Crippen molar-refractivity contribution < 1.29 is 32.3 Å². The zero-order chi connectivity index (χ0) is 39.5. The Morgan fingerprint density at radius 3 is 2.15 bits per heavy atom. The number of nitrogens with zero attached hydrogens (tertiary/aromatic N) is 4. The Bertz CT molecular complexity index is 1970. The molecule has 0 bridgehead atoms. The van der Waals surface area contributed by atoms with E-state index in [9.17, 15) is 23.1 Å². The van der Waals surface area contributed by atoms with Gasteiger partial charge in [-0.25, -0.2) is 13.4 Å². The van der Waals surface area contributed by atoms with E-state index >= 15 is 0 Å². The molecular formula is C41H57N5O7S2. The predicted molar refractivity (Wildman–Crippen MR) is 216 cm³/mol. The average Bonchev–Trinajstić information content (AvgIpc) is 3.79. The Labute approximate surface area is 329 Å². The zero-order valence-electron chi connectivity index (χ0n) is 32.8. The van der Waals surface area contributed by atoms with Crippen LogP contribution in [0.3, 0.4) is 0 Å². The van der Waals surface area contributed by atoms with Crippen molar-refractivity contribution in [2.24, 2.45) is 0 Å². The number of ether oxygens (including phenoxy) is 1. The first kappa shape index (κ1) is 42.4. The van der Waals surface area contributed by atoms with Gasteiger partial charge < -0.3 is 24.5 Å². The number of fused-ring (bicyclic) bond motifs is 1. The molecule has 14 heteroatoms. The summed E-state index contributed by atoms with van der Waals surface area (Å²) in [6.45, 7) is 6.00. The summed E-state index contributed by atoms with van der Waals surface area (Å²) in [6.07, 6.45) is 13.5. The average molecular weight is 796 g/mol. The number of hydrogen-bond acceptors (Lipinski definition) is 11. The van der Waals surface area contributed by atoms with E-state index in [0.717, 1.165) is 41.5 Å². The smallest absolute Gasteiger partial charge is 0.254 e. The molecule has 1 saturated heterocycles. The Morgan fingerprint density at radius 2 is 1.56 bits per heavy atom. The number of amides is 2. The minimum absolute atomic E-state index is 0.0662. The number of β-amino-alcohol motifs (C(OH)–C–C–N with tert-alkyl or cyclic N) is 1. The van der Waals surface area contributed by atoms with Gasteiger partial charge in [-0.05, 0) is 48.7 Å². The van der Waals surface area contributed by atoms with Crippen LogP contribution in [0.25, 0.3) is 21.3 Å². The SMILES string of the molecule is CCCCCCCCCCCCCCC(C(=O)NCc1nnc(C)o1)(c1nc2ccc(-c3ccc(C(=O)N4CC(C)(O)C4)cc3)cc2s1)S(=O)(=O)CCOC.